The molecular formula is C20H21ClN4O2. The Kier molecular flexibility index (Phi) is 5.66. The highest BCUT2D eigenvalue weighted by molar-refractivity contribution is 6.31. The number of nitrogen functional groups attached to an aromatic ring is 1. The van der Waals surface area contributed by atoms with Crippen molar-refractivity contribution in [3.8, 4) is 0 Å². The van der Waals surface area contributed by atoms with Gasteiger partial charge in [0.1, 0.15) is 11.5 Å². The van der Waals surface area contributed by atoms with E-state index in [1.54, 1.807) is 6.07 Å². The standard InChI is InChI=1S/C20H21ClN4O2/c1-2-24(13-15-10-6-7-11-16(15)21)17-18(22)25(20(27)23-19(17)26)12-14-8-4-3-5-9-14/h3-11H,2,12-13,22H2,1H3,(H,23,26,27). The van der Waals surface area contributed by atoms with Gasteiger partial charge in [0.05, 0.1) is 6.54 Å². The molecule has 0 atom stereocenters. The topological polar surface area (TPSA) is 84.1 Å². The molecule has 1 heterocycles. The lowest BCUT2D eigenvalue weighted by molar-refractivity contribution is 0.718. The summed E-state index contributed by atoms with van der Waals surface area (Å²) in [6.07, 6.45) is 0. The molecule has 0 radical (unpaired) electrons. The van der Waals surface area contributed by atoms with Crippen LogP contribution in [0.3, 0.4) is 0 Å². The molecule has 1 aromatic heterocycles. The number of hydrogen-bond acceptors (Lipinski definition) is 4. The number of aromatic amines is 1. The minimum atomic E-state index is -0.529. The van der Waals surface area contributed by atoms with Gasteiger partial charge < -0.3 is 10.6 Å². The van der Waals surface area contributed by atoms with Crippen LogP contribution in [0, 0.1) is 0 Å². The normalized spacial score (nSPS) is 10.7. The summed E-state index contributed by atoms with van der Waals surface area (Å²) >= 11 is 6.26. The van der Waals surface area contributed by atoms with Crippen molar-refractivity contribution in [2.45, 2.75) is 20.0 Å². The van der Waals surface area contributed by atoms with Crippen LogP contribution >= 0.6 is 11.6 Å². The minimum Gasteiger partial charge on any atom is -0.383 e. The van der Waals surface area contributed by atoms with Crippen molar-refractivity contribution >= 4 is 23.1 Å². The van der Waals surface area contributed by atoms with Gasteiger partial charge in [0.25, 0.3) is 5.56 Å². The number of rotatable bonds is 6. The van der Waals surface area contributed by atoms with Gasteiger partial charge in [0, 0.05) is 18.1 Å². The molecule has 3 rings (SSSR count). The molecule has 0 spiro atoms. The van der Waals surface area contributed by atoms with Gasteiger partial charge in [-0.15, -0.1) is 0 Å². The molecule has 3 N–H and O–H groups in total. The van der Waals surface area contributed by atoms with Gasteiger partial charge in [-0.25, -0.2) is 4.79 Å². The van der Waals surface area contributed by atoms with Crippen LogP contribution in [0.25, 0.3) is 0 Å². The zero-order chi connectivity index (χ0) is 19.4. The van der Waals surface area contributed by atoms with Crippen molar-refractivity contribution in [1.82, 2.24) is 9.55 Å². The summed E-state index contributed by atoms with van der Waals surface area (Å²) in [7, 11) is 0. The van der Waals surface area contributed by atoms with Gasteiger partial charge in [-0.3, -0.25) is 14.3 Å². The number of anilines is 2. The molecule has 2 aromatic carbocycles. The highest BCUT2D eigenvalue weighted by Crippen LogP contribution is 2.23. The molecule has 3 aromatic rings. The van der Waals surface area contributed by atoms with Crippen molar-refractivity contribution < 1.29 is 0 Å². The van der Waals surface area contributed by atoms with Crippen LogP contribution in [0.4, 0.5) is 11.5 Å². The third-order valence-corrected chi connectivity index (χ3v) is 4.78. The summed E-state index contributed by atoms with van der Waals surface area (Å²) in [4.78, 5) is 29.0. The first kappa shape index (κ1) is 18.8. The number of hydrogen-bond donors (Lipinski definition) is 2. The third-order valence-electron chi connectivity index (χ3n) is 4.41. The Morgan fingerprint density at radius 3 is 2.41 bits per heavy atom. The average molecular weight is 385 g/mol. The van der Waals surface area contributed by atoms with Crippen molar-refractivity contribution in [1.29, 1.82) is 0 Å². The predicted octanol–water partition coefficient (Wildman–Crippen LogP) is 2.85. The second kappa shape index (κ2) is 8.14. The number of nitrogens with two attached hydrogens (primary N) is 1. The fourth-order valence-electron chi connectivity index (χ4n) is 2.99. The Labute approximate surface area is 161 Å². The molecule has 0 saturated heterocycles. The Hall–Kier alpha value is -2.99. The summed E-state index contributed by atoms with van der Waals surface area (Å²) in [6, 6.07) is 16.9. The van der Waals surface area contributed by atoms with Crippen LogP contribution < -0.4 is 21.9 Å². The highest BCUT2D eigenvalue weighted by atomic mass is 35.5. The summed E-state index contributed by atoms with van der Waals surface area (Å²) in [5.74, 6) is 0.140. The van der Waals surface area contributed by atoms with Gasteiger partial charge in [-0.05, 0) is 24.1 Å². The number of benzene rings is 2. The van der Waals surface area contributed by atoms with Crippen molar-refractivity contribution in [2.75, 3.05) is 17.2 Å². The maximum Gasteiger partial charge on any atom is 0.330 e. The zero-order valence-corrected chi connectivity index (χ0v) is 15.7. The Morgan fingerprint density at radius 1 is 1.07 bits per heavy atom. The first-order valence-corrected chi connectivity index (χ1v) is 9.04. The van der Waals surface area contributed by atoms with E-state index in [9.17, 15) is 9.59 Å². The maximum atomic E-state index is 12.5. The molecule has 0 saturated carbocycles. The first-order chi connectivity index (χ1) is 13.0. The third kappa shape index (κ3) is 4.06. The molecule has 0 bridgehead atoms. The van der Waals surface area contributed by atoms with Crippen molar-refractivity contribution in [2.24, 2.45) is 0 Å². The van der Waals surface area contributed by atoms with E-state index in [2.05, 4.69) is 4.98 Å². The summed E-state index contributed by atoms with van der Waals surface area (Å²) in [5.41, 5.74) is 7.30. The number of nitrogens with one attached hydrogen (secondary N) is 1. The maximum absolute atomic E-state index is 12.5. The number of aromatic nitrogens is 2. The van der Waals surface area contributed by atoms with Crippen LogP contribution in [0.15, 0.2) is 64.2 Å². The van der Waals surface area contributed by atoms with E-state index in [-0.39, 0.29) is 18.1 Å². The van der Waals surface area contributed by atoms with Crippen LogP contribution in [0.1, 0.15) is 18.1 Å². The second-order valence-electron chi connectivity index (χ2n) is 6.17. The van der Waals surface area contributed by atoms with E-state index in [4.69, 9.17) is 17.3 Å². The number of halogens is 1. The molecule has 140 valence electrons. The Morgan fingerprint density at radius 2 is 1.74 bits per heavy atom. The van der Waals surface area contributed by atoms with Crippen LogP contribution in [0.2, 0.25) is 5.02 Å². The highest BCUT2D eigenvalue weighted by Gasteiger charge is 2.19. The summed E-state index contributed by atoms with van der Waals surface area (Å²) < 4.78 is 1.38. The fourth-order valence-corrected chi connectivity index (χ4v) is 3.18. The quantitative estimate of drug-likeness (QED) is 0.684. The number of nitrogens with zero attached hydrogens (tertiary/aromatic N) is 2. The van der Waals surface area contributed by atoms with E-state index in [0.29, 0.717) is 18.1 Å². The molecule has 0 amide bonds. The molecule has 0 unspecified atom stereocenters. The van der Waals surface area contributed by atoms with Gasteiger partial charge in [-0.1, -0.05) is 60.1 Å². The van der Waals surface area contributed by atoms with Crippen LogP contribution in [-0.4, -0.2) is 16.1 Å². The summed E-state index contributed by atoms with van der Waals surface area (Å²) in [6.45, 7) is 3.14. The van der Waals surface area contributed by atoms with Gasteiger partial charge in [-0.2, -0.15) is 0 Å². The lowest BCUT2D eigenvalue weighted by Gasteiger charge is -2.25. The Balaban J connectivity index is 2.03. The molecule has 0 fully saturated rings. The van der Waals surface area contributed by atoms with E-state index in [1.807, 2.05) is 60.4 Å². The molecule has 0 aliphatic rings. The smallest absolute Gasteiger partial charge is 0.330 e. The zero-order valence-electron chi connectivity index (χ0n) is 15.0. The lowest BCUT2D eigenvalue weighted by atomic mass is 10.2. The van der Waals surface area contributed by atoms with Crippen molar-refractivity contribution in [3.05, 3.63) is 91.6 Å². The predicted molar refractivity (Wildman–Crippen MR) is 109 cm³/mol. The minimum absolute atomic E-state index is 0.140. The van der Waals surface area contributed by atoms with Gasteiger partial charge in [0.2, 0.25) is 0 Å². The molecule has 6 nitrogen and oxygen atoms in total. The molecular weight excluding hydrogens is 364 g/mol. The van der Waals surface area contributed by atoms with E-state index in [0.717, 1.165) is 11.1 Å². The molecule has 7 heteroatoms. The lowest BCUT2D eigenvalue weighted by Crippen LogP contribution is -2.38. The SMILES string of the molecule is CCN(Cc1ccccc1Cl)c1c(N)n(Cc2ccccc2)c(=O)[nH]c1=O. The number of H-pyrrole nitrogens is 1. The van der Waals surface area contributed by atoms with Crippen LogP contribution in [-0.2, 0) is 13.1 Å². The average Bonchev–Trinajstić information content (AvgIpc) is 2.66. The molecule has 27 heavy (non-hydrogen) atoms. The van der Waals surface area contributed by atoms with E-state index >= 15 is 0 Å². The van der Waals surface area contributed by atoms with E-state index < -0.39 is 11.2 Å². The first-order valence-electron chi connectivity index (χ1n) is 8.66. The second-order valence-corrected chi connectivity index (χ2v) is 6.58. The van der Waals surface area contributed by atoms with E-state index in [1.165, 1.54) is 4.57 Å². The van der Waals surface area contributed by atoms with Crippen LogP contribution in [0.5, 0.6) is 0 Å². The fraction of sp³-hybridized carbons (Fsp3) is 0.200. The molecule has 0 aliphatic heterocycles. The molecule has 0 aliphatic carbocycles. The van der Waals surface area contributed by atoms with Crippen molar-refractivity contribution in [3.63, 3.8) is 0 Å². The Bertz CT molecular complexity index is 1040. The summed E-state index contributed by atoms with van der Waals surface area (Å²) in [5, 5.41) is 0.614. The monoisotopic (exact) mass is 384 g/mol. The largest absolute Gasteiger partial charge is 0.383 e. The van der Waals surface area contributed by atoms with Gasteiger partial charge >= 0.3 is 5.69 Å². The van der Waals surface area contributed by atoms with Gasteiger partial charge in [0.15, 0.2) is 0 Å².